The third kappa shape index (κ3) is 3.02. The highest BCUT2D eigenvalue weighted by Crippen LogP contribution is 2.67. The first kappa shape index (κ1) is 23.0. The summed E-state index contributed by atoms with van der Waals surface area (Å²) in [6, 6.07) is 0. The van der Waals surface area contributed by atoms with Crippen LogP contribution in [0, 0.1) is 17.8 Å². The molecule has 2 aliphatic carbocycles. The van der Waals surface area contributed by atoms with Crippen molar-refractivity contribution >= 4 is 7.12 Å². The molecule has 3 rings (SSSR count). The zero-order valence-corrected chi connectivity index (χ0v) is 16.2. The molecular weight excluding hydrogens is 418 g/mol. The molecule has 0 aromatic rings. The van der Waals surface area contributed by atoms with Crippen molar-refractivity contribution in [1.82, 2.24) is 0 Å². The maximum Gasteiger partial charge on any atom is 0.461 e. The molecule has 12 heteroatoms. The number of hydrogen-bond donors (Lipinski definition) is 0. The van der Waals surface area contributed by atoms with E-state index in [1.165, 1.54) is 0 Å². The van der Waals surface area contributed by atoms with Crippen molar-refractivity contribution in [3.8, 4) is 0 Å². The normalized spacial score (nSPS) is 34.9. The second kappa shape index (κ2) is 6.20. The second-order valence-electron chi connectivity index (χ2n) is 9.33. The van der Waals surface area contributed by atoms with Crippen LogP contribution in [-0.2, 0) is 9.31 Å². The van der Waals surface area contributed by atoms with Crippen LogP contribution < -0.4 is 0 Å². The molecule has 2 nitrogen and oxygen atoms in total. The number of alkyl halides is 9. The Labute approximate surface area is 162 Å². The van der Waals surface area contributed by atoms with Gasteiger partial charge in [0.05, 0.1) is 11.2 Å². The van der Waals surface area contributed by atoms with Crippen molar-refractivity contribution in [2.24, 2.45) is 17.8 Å². The summed E-state index contributed by atoms with van der Waals surface area (Å²) in [4.78, 5) is 0. The Balaban J connectivity index is 2.00. The molecule has 0 aromatic carbocycles. The lowest BCUT2D eigenvalue weighted by molar-refractivity contribution is -0.404. The van der Waals surface area contributed by atoms with Gasteiger partial charge in [0.25, 0.3) is 0 Å². The summed E-state index contributed by atoms with van der Waals surface area (Å²) >= 11 is 0. The van der Waals surface area contributed by atoms with E-state index in [2.05, 4.69) is 0 Å². The number of fused-ring (bicyclic) bond motifs is 2. The first-order valence-electron chi connectivity index (χ1n) is 9.34. The summed E-state index contributed by atoms with van der Waals surface area (Å²) in [6.07, 6.45) is -6.37. The maximum absolute atomic E-state index is 14.8. The van der Waals surface area contributed by atoms with Crippen LogP contribution in [0.4, 0.5) is 39.5 Å². The predicted molar refractivity (Wildman–Crippen MR) is 85.0 cm³/mol. The minimum atomic E-state index is -6.88. The van der Waals surface area contributed by atoms with Crippen molar-refractivity contribution in [3.63, 3.8) is 0 Å². The molecule has 1 saturated heterocycles. The molecule has 2 saturated carbocycles. The van der Waals surface area contributed by atoms with E-state index in [9.17, 15) is 39.5 Å². The minimum Gasteiger partial charge on any atom is -0.403 e. The highest BCUT2D eigenvalue weighted by Gasteiger charge is 2.85. The molecule has 3 aliphatic rings. The van der Waals surface area contributed by atoms with Crippen LogP contribution in [0.2, 0.25) is 5.82 Å². The van der Waals surface area contributed by atoms with E-state index < -0.39 is 65.8 Å². The topological polar surface area (TPSA) is 18.5 Å². The van der Waals surface area contributed by atoms with Crippen LogP contribution >= 0.6 is 0 Å². The van der Waals surface area contributed by atoms with Gasteiger partial charge in [-0.25, -0.2) is 0 Å². The number of halogens is 9. The van der Waals surface area contributed by atoms with E-state index in [-0.39, 0.29) is 12.8 Å². The molecule has 168 valence electrons. The van der Waals surface area contributed by atoms with E-state index in [1.807, 2.05) is 0 Å². The fourth-order valence-electron chi connectivity index (χ4n) is 4.91. The minimum absolute atomic E-state index is 0.0304. The van der Waals surface area contributed by atoms with Gasteiger partial charge < -0.3 is 9.31 Å². The van der Waals surface area contributed by atoms with Gasteiger partial charge in [-0.15, -0.1) is 0 Å². The van der Waals surface area contributed by atoms with Gasteiger partial charge in [0.15, 0.2) is 0 Å². The van der Waals surface area contributed by atoms with Gasteiger partial charge in [-0.3, -0.25) is 0 Å². The smallest absolute Gasteiger partial charge is 0.403 e. The Morgan fingerprint density at radius 1 is 0.724 bits per heavy atom. The first-order valence-corrected chi connectivity index (χ1v) is 9.34. The molecular formula is C17H22BF9O2. The number of rotatable bonds is 4. The monoisotopic (exact) mass is 440 g/mol. The zero-order valence-electron chi connectivity index (χ0n) is 16.2. The fourth-order valence-corrected chi connectivity index (χ4v) is 4.91. The van der Waals surface area contributed by atoms with Gasteiger partial charge in [-0.2, -0.15) is 39.5 Å². The van der Waals surface area contributed by atoms with Crippen LogP contribution in [0.3, 0.4) is 0 Å². The van der Waals surface area contributed by atoms with Crippen molar-refractivity contribution in [2.75, 3.05) is 0 Å². The van der Waals surface area contributed by atoms with Gasteiger partial charge in [-0.05, 0) is 52.4 Å². The predicted octanol–water partition coefficient (Wildman–Crippen LogP) is 5.96. The van der Waals surface area contributed by atoms with Crippen molar-refractivity contribution < 1.29 is 48.8 Å². The molecule has 0 aromatic heterocycles. The van der Waals surface area contributed by atoms with Gasteiger partial charge in [0.1, 0.15) is 0 Å². The van der Waals surface area contributed by atoms with E-state index in [0.717, 1.165) is 0 Å². The standard InChI is InChI=1S/C17H22BF9O2/c1-12(2)13(3,4)29-18(28-12)11-9-6-5-8(7-9)10(11)14(19,20)15(21,22)16(23,24)17(25,26)27/h8-11H,5-7H2,1-4H3/t8-,9+,10+,11+/m1/s1. The van der Waals surface area contributed by atoms with E-state index in [0.29, 0.717) is 6.42 Å². The van der Waals surface area contributed by atoms with Crippen LogP contribution in [-0.4, -0.2) is 42.3 Å². The molecule has 0 radical (unpaired) electrons. The average Bonchev–Trinajstić information content (AvgIpc) is 3.17. The second-order valence-corrected chi connectivity index (χ2v) is 9.33. The SMILES string of the molecule is CC1(C)OB([C@H]2[C@H]3CC[C@H](C3)[C@@H]2C(F)(F)C(F)(F)C(F)(F)C(F)(F)F)OC1(C)C. The first-order chi connectivity index (χ1) is 12.8. The highest BCUT2D eigenvalue weighted by molar-refractivity contribution is 6.47. The average molecular weight is 440 g/mol. The van der Waals surface area contributed by atoms with E-state index >= 15 is 0 Å². The molecule has 4 atom stereocenters. The van der Waals surface area contributed by atoms with Crippen molar-refractivity contribution in [1.29, 1.82) is 0 Å². The van der Waals surface area contributed by atoms with E-state index in [4.69, 9.17) is 9.31 Å². The quantitative estimate of drug-likeness (QED) is 0.397. The Morgan fingerprint density at radius 3 is 1.62 bits per heavy atom. The zero-order chi connectivity index (χ0) is 22.4. The van der Waals surface area contributed by atoms with Crippen LogP contribution in [0.25, 0.3) is 0 Å². The lowest BCUT2D eigenvalue weighted by Gasteiger charge is -2.42. The van der Waals surface area contributed by atoms with Gasteiger partial charge >= 0.3 is 31.1 Å². The summed E-state index contributed by atoms with van der Waals surface area (Å²) in [7, 11) is -1.40. The number of hydrogen-bond acceptors (Lipinski definition) is 2. The van der Waals surface area contributed by atoms with Crippen molar-refractivity contribution in [2.45, 2.75) is 87.9 Å². The third-order valence-corrected chi connectivity index (χ3v) is 7.15. The Bertz CT molecular complexity index is 646. The molecule has 0 unspecified atom stereocenters. The molecule has 1 aliphatic heterocycles. The molecule has 0 amide bonds. The van der Waals surface area contributed by atoms with E-state index in [1.54, 1.807) is 27.7 Å². The molecule has 2 bridgehead atoms. The lowest BCUT2D eigenvalue weighted by atomic mass is 9.56. The lowest BCUT2D eigenvalue weighted by Crippen LogP contribution is -2.64. The van der Waals surface area contributed by atoms with Gasteiger partial charge in [0.2, 0.25) is 0 Å². The van der Waals surface area contributed by atoms with Crippen LogP contribution in [0.15, 0.2) is 0 Å². The molecule has 3 fully saturated rings. The molecule has 29 heavy (non-hydrogen) atoms. The molecule has 0 N–H and O–H groups in total. The Morgan fingerprint density at radius 2 is 1.17 bits per heavy atom. The Kier molecular flexibility index (Phi) is 4.92. The highest BCUT2D eigenvalue weighted by atomic mass is 19.4. The summed E-state index contributed by atoms with van der Waals surface area (Å²) < 4.78 is 134. The molecule has 0 spiro atoms. The van der Waals surface area contributed by atoms with Crippen molar-refractivity contribution in [3.05, 3.63) is 0 Å². The summed E-state index contributed by atoms with van der Waals surface area (Å²) in [6.45, 7) is 6.39. The Hall–Kier alpha value is -0.645. The van der Waals surface area contributed by atoms with Gasteiger partial charge in [0, 0.05) is 11.7 Å². The summed E-state index contributed by atoms with van der Waals surface area (Å²) in [5.74, 6) is -24.6. The van der Waals surface area contributed by atoms with Crippen LogP contribution in [0.1, 0.15) is 47.0 Å². The summed E-state index contributed by atoms with van der Waals surface area (Å²) in [5, 5.41) is 0. The third-order valence-electron chi connectivity index (χ3n) is 7.15. The summed E-state index contributed by atoms with van der Waals surface area (Å²) in [5.41, 5.74) is -2.00. The maximum atomic E-state index is 14.8. The van der Waals surface area contributed by atoms with Gasteiger partial charge in [-0.1, -0.05) is 6.42 Å². The molecule has 1 heterocycles. The largest absolute Gasteiger partial charge is 0.461 e. The van der Waals surface area contributed by atoms with Crippen LogP contribution in [0.5, 0.6) is 0 Å². The fraction of sp³-hybridized carbons (Fsp3) is 1.00.